The van der Waals surface area contributed by atoms with Crippen LogP contribution in [0.5, 0.6) is 5.75 Å². The molecule has 0 unspecified atom stereocenters. The smallest absolute Gasteiger partial charge is 0.258 e. The molecule has 0 aliphatic heterocycles. The van der Waals surface area contributed by atoms with E-state index in [4.69, 9.17) is 4.74 Å². The highest BCUT2D eigenvalue weighted by Crippen LogP contribution is 2.23. The van der Waals surface area contributed by atoms with Gasteiger partial charge in [-0.3, -0.25) is 4.79 Å². The van der Waals surface area contributed by atoms with Crippen molar-refractivity contribution in [2.24, 2.45) is 0 Å². The molecule has 0 radical (unpaired) electrons. The molecular formula is C14H14F2N2O2S. The Balaban J connectivity index is 2.07. The molecule has 112 valence electrons. The van der Waals surface area contributed by atoms with Gasteiger partial charge >= 0.3 is 0 Å². The summed E-state index contributed by atoms with van der Waals surface area (Å²) in [6.45, 7) is 2.18. The molecule has 7 heteroatoms. The summed E-state index contributed by atoms with van der Waals surface area (Å²) in [5.74, 6) is -2.99. The quantitative estimate of drug-likeness (QED) is 0.923. The van der Waals surface area contributed by atoms with Crippen LogP contribution >= 0.6 is 11.3 Å². The Morgan fingerprint density at radius 3 is 2.81 bits per heavy atom. The number of ether oxygens (including phenoxy) is 1. The van der Waals surface area contributed by atoms with Crippen LogP contribution in [0, 0.1) is 18.6 Å². The fraction of sp³-hybridized carbons (Fsp3) is 0.286. The van der Waals surface area contributed by atoms with Crippen LogP contribution in [0.15, 0.2) is 17.6 Å². The van der Waals surface area contributed by atoms with Gasteiger partial charge in [-0.2, -0.15) is 0 Å². The van der Waals surface area contributed by atoms with E-state index in [1.54, 1.807) is 5.51 Å². The third-order valence-corrected chi connectivity index (χ3v) is 3.98. The monoisotopic (exact) mass is 312 g/mol. The molecule has 0 atom stereocenters. The number of aryl methyl sites for hydroxylation is 1. The number of carbonyl (C=O) groups is 1. The molecule has 0 fully saturated rings. The molecule has 2 aromatic rings. The SMILES string of the molecule is COc1ccc(F)c(F)c1C(=O)NCCc1scnc1C. The van der Waals surface area contributed by atoms with Crippen molar-refractivity contribution >= 4 is 17.2 Å². The summed E-state index contributed by atoms with van der Waals surface area (Å²) in [7, 11) is 1.30. The number of methoxy groups -OCH3 is 1. The summed E-state index contributed by atoms with van der Waals surface area (Å²) >= 11 is 1.49. The summed E-state index contributed by atoms with van der Waals surface area (Å²) in [6, 6.07) is 2.15. The Bertz CT molecular complexity index is 658. The molecule has 2 rings (SSSR count). The number of amides is 1. The number of hydrogen-bond donors (Lipinski definition) is 1. The lowest BCUT2D eigenvalue weighted by atomic mass is 10.1. The van der Waals surface area contributed by atoms with Crippen molar-refractivity contribution in [1.29, 1.82) is 0 Å². The summed E-state index contributed by atoms with van der Waals surface area (Å²) in [5.41, 5.74) is 2.21. The van der Waals surface area contributed by atoms with Crippen LogP contribution in [0.4, 0.5) is 8.78 Å². The topological polar surface area (TPSA) is 51.2 Å². The van der Waals surface area contributed by atoms with Crippen LogP contribution < -0.4 is 10.1 Å². The Labute approximate surface area is 124 Å². The zero-order valence-electron chi connectivity index (χ0n) is 11.6. The molecule has 4 nitrogen and oxygen atoms in total. The van der Waals surface area contributed by atoms with E-state index >= 15 is 0 Å². The lowest BCUT2D eigenvalue weighted by Gasteiger charge is -2.10. The first-order chi connectivity index (χ1) is 10.0. The normalized spacial score (nSPS) is 10.5. The molecule has 1 aromatic carbocycles. The van der Waals surface area contributed by atoms with Crippen LogP contribution in [0.3, 0.4) is 0 Å². The zero-order chi connectivity index (χ0) is 15.4. The Hall–Kier alpha value is -2.02. The largest absolute Gasteiger partial charge is 0.496 e. The van der Waals surface area contributed by atoms with Crippen LogP contribution in [0.2, 0.25) is 0 Å². The lowest BCUT2D eigenvalue weighted by Crippen LogP contribution is -2.27. The van der Waals surface area contributed by atoms with Gasteiger partial charge in [-0.25, -0.2) is 13.8 Å². The Kier molecular flexibility index (Phi) is 4.85. The minimum atomic E-state index is -1.21. The molecule has 1 amide bonds. The minimum absolute atomic E-state index is 0.000343. The number of hydrogen-bond acceptors (Lipinski definition) is 4. The van der Waals surface area contributed by atoms with Gasteiger partial charge < -0.3 is 10.1 Å². The molecule has 0 aliphatic carbocycles. The molecule has 0 saturated heterocycles. The average Bonchev–Trinajstić information content (AvgIpc) is 2.87. The first-order valence-corrected chi connectivity index (χ1v) is 7.11. The maximum atomic E-state index is 13.7. The second-order valence-corrected chi connectivity index (χ2v) is 5.24. The van der Waals surface area contributed by atoms with E-state index in [1.165, 1.54) is 24.5 Å². The maximum absolute atomic E-state index is 13.7. The minimum Gasteiger partial charge on any atom is -0.496 e. The van der Waals surface area contributed by atoms with Crippen molar-refractivity contribution in [2.75, 3.05) is 13.7 Å². The summed E-state index contributed by atoms with van der Waals surface area (Å²) in [5, 5.41) is 2.56. The van der Waals surface area contributed by atoms with Crippen molar-refractivity contribution < 1.29 is 18.3 Å². The maximum Gasteiger partial charge on any atom is 0.258 e. The third kappa shape index (κ3) is 3.36. The van der Waals surface area contributed by atoms with E-state index in [9.17, 15) is 13.6 Å². The molecule has 0 spiro atoms. The van der Waals surface area contributed by atoms with Gasteiger partial charge in [-0.1, -0.05) is 0 Å². The first kappa shape index (κ1) is 15.4. The van der Waals surface area contributed by atoms with Crippen molar-refractivity contribution in [3.63, 3.8) is 0 Å². The van der Waals surface area contributed by atoms with E-state index in [0.717, 1.165) is 16.6 Å². The van der Waals surface area contributed by atoms with Gasteiger partial charge in [0, 0.05) is 17.8 Å². The van der Waals surface area contributed by atoms with Gasteiger partial charge in [0.15, 0.2) is 11.6 Å². The van der Waals surface area contributed by atoms with E-state index in [2.05, 4.69) is 10.3 Å². The van der Waals surface area contributed by atoms with Crippen molar-refractivity contribution in [3.05, 3.63) is 45.4 Å². The number of carbonyl (C=O) groups excluding carboxylic acids is 1. The van der Waals surface area contributed by atoms with E-state index < -0.39 is 23.1 Å². The number of halogens is 2. The van der Waals surface area contributed by atoms with Gasteiger partial charge in [0.25, 0.3) is 5.91 Å². The zero-order valence-corrected chi connectivity index (χ0v) is 12.4. The fourth-order valence-corrected chi connectivity index (χ4v) is 2.64. The predicted octanol–water partition coefficient (Wildman–Crippen LogP) is 2.71. The summed E-state index contributed by atoms with van der Waals surface area (Å²) in [4.78, 5) is 17.1. The average molecular weight is 312 g/mol. The van der Waals surface area contributed by atoms with Crippen molar-refractivity contribution in [2.45, 2.75) is 13.3 Å². The number of aromatic nitrogens is 1. The predicted molar refractivity (Wildman–Crippen MR) is 75.8 cm³/mol. The number of rotatable bonds is 5. The summed E-state index contributed by atoms with van der Waals surface area (Å²) in [6.07, 6.45) is 0.585. The fourth-order valence-electron chi connectivity index (χ4n) is 1.86. The third-order valence-electron chi connectivity index (χ3n) is 2.99. The van der Waals surface area contributed by atoms with Crippen LogP contribution in [-0.2, 0) is 6.42 Å². The lowest BCUT2D eigenvalue weighted by molar-refractivity contribution is 0.0945. The second-order valence-electron chi connectivity index (χ2n) is 4.31. The summed E-state index contributed by atoms with van der Waals surface area (Å²) < 4.78 is 31.9. The molecule has 21 heavy (non-hydrogen) atoms. The van der Waals surface area contributed by atoms with E-state index in [-0.39, 0.29) is 5.75 Å². The highest BCUT2D eigenvalue weighted by Gasteiger charge is 2.21. The van der Waals surface area contributed by atoms with E-state index in [0.29, 0.717) is 13.0 Å². The standard InChI is InChI=1S/C14H14F2N2O2S/c1-8-11(21-7-18-8)5-6-17-14(19)12-10(20-2)4-3-9(15)13(12)16/h3-4,7H,5-6H2,1-2H3,(H,17,19). The van der Waals surface area contributed by atoms with Gasteiger partial charge in [-0.15, -0.1) is 11.3 Å². The molecule has 0 aliphatic rings. The van der Waals surface area contributed by atoms with Gasteiger partial charge in [0.05, 0.1) is 18.3 Å². The highest BCUT2D eigenvalue weighted by atomic mass is 32.1. The van der Waals surface area contributed by atoms with Crippen molar-refractivity contribution in [1.82, 2.24) is 10.3 Å². The van der Waals surface area contributed by atoms with Crippen LogP contribution in [0.1, 0.15) is 20.9 Å². The number of thiazole rings is 1. The van der Waals surface area contributed by atoms with Gasteiger partial charge in [0.2, 0.25) is 0 Å². The van der Waals surface area contributed by atoms with E-state index in [1.807, 2.05) is 6.92 Å². The first-order valence-electron chi connectivity index (χ1n) is 6.23. The number of nitrogens with one attached hydrogen (secondary N) is 1. The molecule has 1 N–H and O–H groups in total. The molecule has 1 heterocycles. The second kappa shape index (κ2) is 6.62. The van der Waals surface area contributed by atoms with Crippen molar-refractivity contribution in [3.8, 4) is 5.75 Å². The number of nitrogens with zero attached hydrogens (tertiary/aromatic N) is 1. The molecule has 1 aromatic heterocycles. The van der Waals surface area contributed by atoms with Crippen LogP contribution in [-0.4, -0.2) is 24.5 Å². The Morgan fingerprint density at radius 1 is 1.43 bits per heavy atom. The molecular weight excluding hydrogens is 298 g/mol. The van der Waals surface area contributed by atoms with Gasteiger partial charge in [0.1, 0.15) is 11.3 Å². The highest BCUT2D eigenvalue weighted by molar-refractivity contribution is 7.09. The number of benzene rings is 1. The van der Waals surface area contributed by atoms with Crippen LogP contribution in [0.25, 0.3) is 0 Å². The Morgan fingerprint density at radius 2 is 2.19 bits per heavy atom. The molecule has 0 saturated carbocycles. The molecule has 0 bridgehead atoms. The van der Waals surface area contributed by atoms with Gasteiger partial charge in [-0.05, 0) is 19.1 Å².